The highest BCUT2D eigenvalue weighted by Crippen LogP contribution is 2.45. The van der Waals surface area contributed by atoms with Crippen molar-refractivity contribution in [3.05, 3.63) is 58.5 Å². The van der Waals surface area contributed by atoms with E-state index in [0.29, 0.717) is 16.6 Å². The lowest BCUT2D eigenvalue weighted by Crippen LogP contribution is -2.15. The third-order valence-electron chi connectivity index (χ3n) is 4.23. The fourth-order valence-corrected chi connectivity index (χ4v) is 4.48. The van der Waals surface area contributed by atoms with Gasteiger partial charge in [-0.15, -0.1) is 11.8 Å². The number of nitrogens with zero attached hydrogens (tertiary/aromatic N) is 4. The minimum absolute atomic E-state index is 0.0547. The minimum Gasteiger partial charge on any atom is -0.310 e. The number of hydrogen-bond acceptors (Lipinski definition) is 5. The summed E-state index contributed by atoms with van der Waals surface area (Å²) < 4.78 is 1.70. The maximum Gasteiger partial charge on any atom is 0.235 e. The van der Waals surface area contributed by atoms with Crippen LogP contribution in [0, 0.1) is 6.92 Å². The Morgan fingerprint density at radius 2 is 2.19 bits per heavy atom. The van der Waals surface area contributed by atoms with E-state index in [4.69, 9.17) is 11.6 Å². The number of halogens is 1. The standard InChI is InChI=1S/C18H16ClN5OS/c1-10-7-11(19)8-21-15(10)17-14-16(12-5-3-4-6-20-12)23-24(2)18(14)22-13(25)9-26-17/h3-8,17H,9H2,1-2H3,(H,22,25). The predicted octanol–water partition coefficient (Wildman–Crippen LogP) is 3.61. The largest absolute Gasteiger partial charge is 0.310 e. The molecule has 132 valence electrons. The van der Waals surface area contributed by atoms with E-state index in [-0.39, 0.29) is 11.2 Å². The van der Waals surface area contributed by atoms with Crippen LogP contribution in [0.5, 0.6) is 0 Å². The van der Waals surface area contributed by atoms with Crippen LogP contribution in [0.15, 0.2) is 36.7 Å². The summed E-state index contributed by atoms with van der Waals surface area (Å²) >= 11 is 7.61. The van der Waals surface area contributed by atoms with Gasteiger partial charge in [0.05, 0.1) is 27.4 Å². The molecule has 8 heteroatoms. The van der Waals surface area contributed by atoms with Crippen molar-refractivity contribution in [2.45, 2.75) is 12.2 Å². The second-order valence-corrected chi connectivity index (χ2v) is 7.57. The quantitative estimate of drug-likeness (QED) is 0.729. The number of aromatic nitrogens is 4. The molecule has 1 unspecified atom stereocenters. The van der Waals surface area contributed by atoms with Gasteiger partial charge in [0, 0.05) is 25.0 Å². The molecule has 1 atom stereocenters. The Hall–Kier alpha value is -2.38. The maximum atomic E-state index is 12.2. The van der Waals surface area contributed by atoms with Crippen molar-refractivity contribution in [3.63, 3.8) is 0 Å². The summed E-state index contributed by atoms with van der Waals surface area (Å²) in [7, 11) is 1.82. The smallest absolute Gasteiger partial charge is 0.235 e. The number of carbonyl (C=O) groups is 1. The fourth-order valence-electron chi connectivity index (χ4n) is 3.08. The summed E-state index contributed by atoms with van der Waals surface area (Å²) in [6.45, 7) is 1.98. The van der Waals surface area contributed by atoms with E-state index in [0.717, 1.165) is 28.2 Å². The highest BCUT2D eigenvalue weighted by Gasteiger charge is 2.33. The third kappa shape index (κ3) is 2.97. The van der Waals surface area contributed by atoms with Gasteiger partial charge in [-0.2, -0.15) is 5.10 Å². The number of rotatable bonds is 2. The molecule has 1 aliphatic rings. The van der Waals surface area contributed by atoms with Gasteiger partial charge in [-0.3, -0.25) is 19.4 Å². The Balaban J connectivity index is 1.95. The van der Waals surface area contributed by atoms with Gasteiger partial charge in [-0.1, -0.05) is 17.7 Å². The summed E-state index contributed by atoms with van der Waals surface area (Å²) in [5.41, 5.74) is 4.28. The van der Waals surface area contributed by atoms with Crippen molar-refractivity contribution in [1.82, 2.24) is 19.7 Å². The number of carbonyl (C=O) groups excluding carboxylic acids is 1. The zero-order valence-corrected chi connectivity index (χ0v) is 15.8. The van der Waals surface area contributed by atoms with Crippen LogP contribution in [0.2, 0.25) is 5.02 Å². The molecular formula is C18H16ClN5OS. The molecule has 0 aliphatic carbocycles. The molecule has 0 bridgehead atoms. The molecule has 3 aromatic rings. The van der Waals surface area contributed by atoms with E-state index in [1.54, 1.807) is 17.1 Å². The number of thioether (sulfide) groups is 1. The lowest BCUT2D eigenvalue weighted by molar-refractivity contribution is -0.113. The van der Waals surface area contributed by atoms with E-state index in [2.05, 4.69) is 20.4 Å². The van der Waals surface area contributed by atoms with Crippen LogP contribution in [-0.4, -0.2) is 31.4 Å². The van der Waals surface area contributed by atoms with Crippen molar-refractivity contribution in [2.24, 2.45) is 7.05 Å². The summed E-state index contributed by atoms with van der Waals surface area (Å²) in [5.74, 6) is 0.966. The van der Waals surface area contributed by atoms with Gasteiger partial charge in [0.2, 0.25) is 5.91 Å². The number of aryl methyl sites for hydroxylation is 2. The lowest BCUT2D eigenvalue weighted by Gasteiger charge is -2.17. The van der Waals surface area contributed by atoms with Gasteiger partial charge in [-0.25, -0.2) is 0 Å². The zero-order valence-electron chi connectivity index (χ0n) is 14.2. The number of fused-ring (bicyclic) bond motifs is 1. The molecule has 1 N–H and O–H groups in total. The van der Waals surface area contributed by atoms with Gasteiger partial charge in [0.15, 0.2) is 0 Å². The topological polar surface area (TPSA) is 72.7 Å². The van der Waals surface area contributed by atoms with Crippen LogP contribution in [0.4, 0.5) is 5.82 Å². The summed E-state index contributed by atoms with van der Waals surface area (Å²) in [6, 6.07) is 7.59. The molecule has 6 nitrogen and oxygen atoms in total. The van der Waals surface area contributed by atoms with Crippen LogP contribution in [0.3, 0.4) is 0 Å². The van der Waals surface area contributed by atoms with Crippen molar-refractivity contribution < 1.29 is 4.79 Å². The van der Waals surface area contributed by atoms with E-state index >= 15 is 0 Å². The van der Waals surface area contributed by atoms with Gasteiger partial charge in [-0.05, 0) is 30.7 Å². The number of pyridine rings is 2. The van der Waals surface area contributed by atoms with Crippen LogP contribution in [0.1, 0.15) is 22.1 Å². The van der Waals surface area contributed by atoms with Crippen LogP contribution < -0.4 is 5.32 Å². The molecule has 0 saturated carbocycles. The summed E-state index contributed by atoms with van der Waals surface area (Å²) in [4.78, 5) is 21.2. The molecule has 1 amide bonds. The summed E-state index contributed by atoms with van der Waals surface area (Å²) in [5, 5.41) is 8.05. The third-order valence-corrected chi connectivity index (χ3v) is 5.65. The Kier molecular flexibility index (Phi) is 4.42. The van der Waals surface area contributed by atoms with Crippen molar-refractivity contribution in [2.75, 3.05) is 11.1 Å². The molecule has 0 radical (unpaired) electrons. The van der Waals surface area contributed by atoms with Crippen molar-refractivity contribution in [3.8, 4) is 11.4 Å². The van der Waals surface area contributed by atoms with Crippen LogP contribution >= 0.6 is 23.4 Å². The molecule has 26 heavy (non-hydrogen) atoms. The van der Waals surface area contributed by atoms with E-state index in [1.165, 1.54) is 11.8 Å². The highest BCUT2D eigenvalue weighted by atomic mass is 35.5. The molecule has 0 saturated heterocycles. The lowest BCUT2D eigenvalue weighted by atomic mass is 10.0. The number of hydrogen-bond donors (Lipinski definition) is 1. The second kappa shape index (κ2) is 6.74. The maximum absolute atomic E-state index is 12.2. The van der Waals surface area contributed by atoms with E-state index in [1.807, 2.05) is 38.2 Å². The molecular weight excluding hydrogens is 370 g/mol. The molecule has 4 heterocycles. The number of anilines is 1. The first kappa shape index (κ1) is 17.1. The summed E-state index contributed by atoms with van der Waals surface area (Å²) in [6.07, 6.45) is 3.38. The fraction of sp³-hybridized carbons (Fsp3) is 0.222. The minimum atomic E-state index is -0.146. The van der Waals surface area contributed by atoms with Gasteiger partial charge < -0.3 is 5.32 Å². The SMILES string of the molecule is Cc1cc(Cl)cnc1C1SCC(=O)Nc2c1c(-c1ccccn1)nn2C. The Bertz CT molecular complexity index is 989. The van der Waals surface area contributed by atoms with Crippen LogP contribution in [-0.2, 0) is 11.8 Å². The first-order valence-corrected chi connectivity index (χ1v) is 9.49. The zero-order chi connectivity index (χ0) is 18.3. The Morgan fingerprint density at radius 1 is 1.35 bits per heavy atom. The molecule has 4 rings (SSSR count). The molecule has 1 aliphatic heterocycles. The average Bonchev–Trinajstić information content (AvgIpc) is 2.83. The molecule has 3 aromatic heterocycles. The first-order chi connectivity index (χ1) is 12.5. The monoisotopic (exact) mass is 385 g/mol. The normalized spacial score (nSPS) is 16.7. The second-order valence-electron chi connectivity index (χ2n) is 6.04. The highest BCUT2D eigenvalue weighted by molar-refractivity contribution is 8.00. The first-order valence-electron chi connectivity index (χ1n) is 8.06. The number of amides is 1. The molecule has 0 spiro atoms. The van der Waals surface area contributed by atoms with Crippen molar-refractivity contribution in [1.29, 1.82) is 0 Å². The van der Waals surface area contributed by atoms with Crippen molar-refractivity contribution >= 4 is 35.1 Å². The Morgan fingerprint density at radius 3 is 2.92 bits per heavy atom. The van der Waals surface area contributed by atoms with Crippen LogP contribution in [0.25, 0.3) is 11.4 Å². The molecule has 0 aromatic carbocycles. The molecule has 0 fully saturated rings. The number of nitrogens with one attached hydrogen (secondary N) is 1. The van der Waals surface area contributed by atoms with Gasteiger partial charge >= 0.3 is 0 Å². The van der Waals surface area contributed by atoms with E-state index in [9.17, 15) is 4.79 Å². The van der Waals surface area contributed by atoms with Gasteiger partial charge in [0.1, 0.15) is 11.5 Å². The predicted molar refractivity (Wildman–Crippen MR) is 103 cm³/mol. The average molecular weight is 386 g/mol. The Labute approximate surface area is 160 Å². The van der Waals surface area contributed by atoms with Gasteiger partial charge in [0.25, 0.3) is 0 Å². The van der Waals surface area contributed by atoms with E-state index < -0.39 is 0 Å².